The zero-order chi connectivity index (χ0) is 31.3. The van der Waals surface area contributed by atoms with E-state index in [1.165, 1.54) is 30.5 Å². The molecule has 0 spiro atoms. The first kappa shape index (κ1) is 29.9. The van der Waals surface area contributed by atoms with Crippen LogP contribution in [0.4, 0.5) is 22.0 Å². The molecule has 1 aliphatic heterocycles. The maximum Gasteiger partial charge on any atom is 0.305 e. The van der Waals surface area contributed by atoms with Crippen molar-refractivity contribution < 1.29 is 31.8 Å². The number of nitrogens with one attached hydrogen (secondary N) is 1. The quantitative estimate of drug-likeness (QED) is 0.225. The molecule has 0 amide bonds. The van der Waals surface area contributed by atoms with E-state index >= 15 is 8.78 Å². The van der Waals surface area contributed by atoms with Crippen LogP contribution in [0.3, 0.4) is 0 Å². The van der Waals surface area contributed by atoms with Gasteiger partial charge in [0.1, 0.15) is 42.2 Å². The van der Waals surface area contributed by atoms with E-state index in [9.17, 15) is 18.3 Å². The van der Waals surface area contributed by atoms with Gasteiger partial charge in [-0.15, -0.1) is 5.10 Å². The number of aliphatic hydroxyl groups is 1. The number of alkyl halides is 2. The van der Waals surface area contributed by atoms with E-state index in [1.54, 1.807) is 24.3 Å². The van der Waals surface area contributed by atoms with Crippen LogP contribution in [0.5, 0.6) is 5.75 Å². The van der Waals surface area contributed by atoms with Gasteiger partial charge in [0, 0.05) is 34.5 Å². The molecule has 0 saturated carbocycles. The highest BCUT2D eigenvalue weighted by atomic mass is 19.3. The summed E-state index contributed by atoms with van der Waals surface area (Å²) in [6.45, 7) is -1.01. The Morgan fingerprint density at radius 1 is 0.977 bits per heavy atom. The van der Waals surface area contributed by atoms with Crippen LogP contribution in [-0.2, 0) is 18.8 Å². The lowest BCUT2D eigenvalue weighted by Gasteiger charge is -2.40. The van der Waals surface area contributed by atoms with Crippen molar-refractivity contribution in [3.63, 3.8) is 0 Å². The van der Waals surface area contributed by atoms with Gasteiger partial charge in [-0.3, -0.25) is 0 Å². The Morgan fingerprint density at radius 2 is 1.75 bits per heavy atom. The zero-order valence-electron chi connectivity index (χ0n) is 22.6. The Labute approximate surface area is 247 Å². The molecule has 1 aliphatic rings. The maximum atomic E-state index is 15.9. The van der Waals surface area contributed by atoms with Crippen LogP contribution in [0.1, 0.15) is 22.3 Å². The first-order chi connectivity index (χ1) is 21.1. The fourth-order valence-corrected chi connectivity index (χ4v) is 4.42. The Balaban J connectivity index is 1.27. The largest absolute Gasteiger partial charge is 0.489 e. The number of aromatic nitrogens is 4. The Morgan fingerprint density at radius 3 is 2.41 bits per heavy atom. The number of halogens is 5. The smallest absolute Gasteiger partial charge is 0.305 e. The van der Waals surface area contributed by atoms with Crippen LogP contribution >= 0.6 is 0 Å². The molecule has 2 heterocycles. The average molecular weight is 605 g/mol. The number of nitriles is 1. The SMILES string of the molecule is N#Cc1ccc(F)c(COc2ccc(C#CC3=CNC(C(F)(F)C(O)(Cn4cnnn4)c4ccc(F)cc4F)C=C3)cc2)c1. The van der Waals surface area contributed by atoms with Gasteiger partial charge in [-0.05, 0) is 71.1 Å². The lowest BCUT2D eigenvalue weighted by molar-refractivity contribution is -0.206. The first-order valence-corrected chi connectivity index (χ1v) is 12.9. The molecule has 0 fully saturated rings. The standard InChI is InChI=1S/C31H21F5N6O2/c32-24-7-10-26(28(34)14-24)30(43,18-42-19-39-40-41-42)31(35,36)29-12-6-21(16-38-29)2-1-20-3-8-25(9-4-20)44-17-23-13-22(15-37)5-11-27(23)33/h3-14,16,19,29,38,43H,17-18H2. The first-order valence-electron chi connectivity index (χ1n) is 12.9. The molecule has 1 aromatic heterocycles. The van der Waals surface area contributed by atoms with E-state index in [0.717, 1.165) is 29.2 Å². The number of nitrogens with zero attached hydrogens (tertiary/aromatic N) is 5. The molecular weight excluding hydrogens is 583 g/mol. The van der Waals surface area contributed by atoms with E-state index in [2.05, 4.69) is 32.7 Å². The highest BCUT2D eigenvalue weighted by Gasteiger charge is 2.59. The molecule has 0 bridgehead atoms. The summed E-state index contributed by atoms with van der Waals surface area (Å²) < 4.78 is 80.5. The fourth-order valence-electron chi connectivity index (χ4n) is 4.42. The third-order valence-electron chi connectivity index (χ3n) is 6.76. The second kappa shape index (κ2) is 12.4. The summed E-state index contributed by atoms with van der Waals surface area (Å²) in [6, 6.07) is 12.6. The molecule has 44 heavy (non-hydrogen) atoms. The summed E-state index contributed by atoms with van der Waals surface area (Å²) in [6.07, 6.45) is 4.61. The van der Waals surface area contributed by atoms with Gasteiger partial charge in [0.2, 0.25) is 0 Å². The monoisotopic (exact) mass is 604 g/mol. The van der Waals surface area contributed by atoms with E-state index in [-0.39, 0.29) is 12.2 Å². The number of tetrazole rings is 1. The number of rotatable bonds is 8. The normalized spacial score (nSPS) is 15.7. The zero-order valence-corrected chi connectivity index (χ0v) is 22.6. The van der Waals surface area contributed by atoms with Gasteiger partial charge < -0.3 is 15.2 Å². The minimum Gasteiger partial charge on any atom is -0.489 e. The van der Waals surface area contributed by atoms with Crippen molar-refractivity contribution in [2.45, 2.75) is 30.7 Å². The van der Waals surface area contributed by atoms with Crippen molar-refractivity contribution in [3.8, 4) is 23.7 Å². The molecule has 5 rings (SSSR count). The molecule has 4 aromatic rings. The number of dihydropyridines is 1. The van der Waals surface area contributed by atoms with Crippen LogP contribution in [0.15, 0.2) is 90.9 Å². The predicted molar refractivity (Wildman–Crippen MR) is 146 cm³/mol. The second-order valence-electron chi connectivity index (χ2n) is 9.70. The number of benzene rings is 3. The van der Waals surface area contributed by atoms with Crippen molar-refractivity contribution in [2.24, 2.45) is 0 Å². The summed E-state index contributed by atoms with van der Waals surface area (Å²) in [5.41, 5.74) is -2.57. The van der Waals surface area contributed by atoms with Crippen molar-refractivity contribution >= 4 is 0 Å². The van der Waals surface area contributed by atoms with Crippen LogP contribution in [0.25, 0.3) is 0 Å². The summed E-state index contributed by atoms with van der Waals surface area (Å²) in [4.78, 5) is 0. The topological polar surface area (TPSA) is 109 Å². The number of ether oxygens (including phenoxy) is 1. The number of hydrogen-bond donors (Lipinski definition) is 2. The predicted octanol–water partition coefficient (Wildman–Crippen LogP) is 4.53. The highest BCUT2D eigenvalue weighted by Crippen LogP contribution is 2.43. The third-order valence-corrected chi connectivity index (χ3v) is 6.76. The van der Waals surface area contributed by atoms with Gasteiger partial charge in [0.05, 0.1) is 18.2 Å². The lowest BCUT2D eigenvalue weighted by Crippen LogP contribution is -2.59. The van der Waals surface area contributed by atoms with Gasteiger partial charge in [-0.25, -0.2) is 26.6 Å². The summed E-state index contributed by atoms with van der Waals surface area (Å²) in [5.74, 6) is -0.759. The van der Waals surface area contributed by atoms with E-state index < -0.39 is 47.1 Å². The van der Waals surface area contributed by atoms with Crippen LogP contribution in [-0.4, -0.2) is 37.3 Å². The van der Waals surface area contributed by atoms with Crippen LogP contribution in [0, 0.1) is 40.6 Å². The maximum absolute atomic E-state index is 15.9. The average Bonchev–Trinajstić information content (AvgIpc) is 3.53. The second-order valence-corrected chi connectivity index (χ2v) is 9.70. The van der Waals surface area contributed by atoms with E-state index in [4.69, 9.17) is 10.00 Å². The summed E-state index contributed by atoms with van der Waals surface area (Å²) in [5, 5.41) is 33.0. The molecule has 2 N–H and O–H groups in total. The van der Waals surface area contributed by atoms with E-state index in [1.807, 2.05) is 6.07 Å². The minimum absolute atomic E-state index is 0.0832. The van der Waals surface area contributed by atoms with Crippen LogP contribution in [0.2, 0.25) is 0 Å². The Hall–Kier alpha value is -5.53. The number of hydrogen-bond acceptors (Lipinski definition) is 7. The molecule has 2 atom stereocenters. The van der Waals surface area contributed by atoms with Gasteiger partial charge in [-0.2, -0.15) is 5.26 Å². The molecular formula is C31H21F5N6O2. The van der Waals surface area contributed by atoms with E-state index in [0.29, 0.717) is 28.5 Å². The van der Waals surface area contributed by atoms with Crippen LogP contribution < -0.4 is 10.1 Å². The molecule has 3 aromatic carbocycles. The summed E-state index contributed by atoms with van der Waals surface area (Å²) in [7, 11) is 0. The highest BCUT2D eigenvalue weighted by molar-refractivity contribution is 5.48. The van der Waals surface area contributed by atoms with Gasteiger partial charge >= 0.3 is 5.92 Å². The fraction of sp³-hybridized carbons (Fsp3) is 0.161. The lowest BCUT2D eigenvalue weighted by atomic mass is 9.82. The Kier molecular flexibility index (Phi) is 8.42. The Bertz CT molecular complexity index is 1820. The molecule has 0 aliphatic carbocycles. The molecule has 0 radical (unpaired) electrons. The van der Waals surface area contributed by atoms with Crippen molar-refractivity contribution in [1.29, 1.82) is 5.26 Å². The van der Waals surface area contributed by atoms with Gasteiger partial charge in [0.15, 0.2) is 5.60 Å². The van der Waals surface area contributed by atoms with Gasteiger partial charge in [-0.1, -0.05) is 17.9 Å². The molecule has 222 valence electrons. The molecule has 0 saturated heterocycles. The molecule has 2 unspecified atom stereocenters. The van der Waals surface area contributed by atoms with Crippen molar-refractivity contribution in [1.82, 2.24) is 25.5 Å². The van der Waals surface area contributed by atoms with Crippen molar-refractivity contribution in [2.75, 3.05) is 0 Å². The molecule has 13 heteroatoms. The van der Waals surface area contributed by atoms with Crippen molar-refractivity contribution in [3.05, 3.63) is 131 Å². The summed E-state index contributed by atoms with van der Waals surface area (Å²) >= 11 is 0. The minimum atomic E-state index is -4.06. The number of allylic oxidation sites excluding steroid dienone is 2. The third kappa shape index (κ3) is 6.28. The van der Waals surface area contributed by atoms with Gasteiger partial charge in [0.25, 0.3) is 0 Å². The molecule has 8 nitrogen and oxygen atoms in total.